The lowest BCUT2D eigenvalue weighted by atomic mass is 10.1. The van der Waals surface area contributed by atoms with E-state index in [9.17, 15) is 9.59 Å². The van der Waals surface area contributed by atoms with Crippen molar-refractivity contribution in [3.8, 4) is 5.75 Å². The van der Waals surface area contributed by atoms with Gasteiger partial charge in [0.25, 0.3) is 5.91 Å². The molecule has 2 N–H and O–H groups in total. The summed E-state index contributed by atoms with van der Waals surface area (Å²) in [6, 6.07) is 14.2. The Balaban J connectivity index is 1.85. The lowest BCUT2D eigenvalue weighted by Crippen LogP contribution is -2.32. The average molecular weight is 298 g/mol. The van der Waals surface area contributed by atoms with Crippen molar-refractivity contribution < 1.29 is 14.3 Å². The van der Waals surface area contributed by atoms with Crippen molar-refractivity contribution >= 4 is 17.5 Å². The van der Waals surface area contributed by atoms with Crippen LogP contribution in [0.1, 0.15) is 15.9 Å². The molecule has 0 aliphatic rings. The molecule has 0 aliphatic carbocycles. The second kappa shape index (κ2) is 7.26. The van der Waals surface area contributed by atoms with Crippen molar-refractivity contribution in [2.45, 2.75) is 6.92 Å². The molecule has 2 amide bonds. The number of methoxy groups -OCH3 is 1. The molecule has 0 spiro atoms. The van der Waals surface area contributed by atoms with Crippen LogP contribution in [-0.2, 0) is 4.79 Å². The molecule has 0 saturated carbocycles. The van der Waals surface area contributed by atoms with E-state index < -0.39 is 0 Å². The smallest absolute Gasteiger partial charge is 0.251 e. The van der Waals surface area contributed by atoms with Crippen LogP contribution in [0.3, 0.4) is 0 Å². The minimum atomic E-state index is -0.286. The number of anilines is 1. The van der Waals surface area contributed by atoms with E-state index in [2.05, 4.69) is 10.6 Å². The van der Waals surface area contributed by atoms with Gasteiger partial charge in [0.05, 0.1) is 13.7 Å². The summed E-state index contributed by atoms with van der Waals surface area (Å²) in [5, 5.41) is 5.30. The summed E-state index contributed by atoms with van der Waals surface area (Å²) in [5.41, 5.74) is 2.18. The Morgan fingerprint density at radius 3 is 2.45 bits per heavy atom. The van der Waals surface area contributed by atoms with Crippen LogP contribution < -0.4 is 15.4 Å². The van der Waals surface area contributed by atoms with Crippen molar-refractivity contribution in [1.82, 2.24) is 5.32 Å². The van der Waals surface area contributed by atoms with E-state index in [1.165, 1.54) is 0 Å². The highest BCUT2D eigenvalue weighted by atomic mass is 16.5. The SMILES string of the molecule is COc1ccc(NC(=O)CNC(=O)c2cccc(C)c2)cc1. The number of aryl methyl sites for hydroxylation is 1. The number of hydrogen-bond acceptors (Lipinski definition) is 3. The number of ether oxygens (including phenoxy) is 1. The van der Waals surface area contributed by atoms with Gasteiger partial charge in [-0.1, -0.05) is 17.7 Å². The highest BCUT2D eigenvalue weighted by molar-refractivity contribution is 5.99. The molecule has 114 valence electrons. The standard InChI is InChI=1S/C17H18N2O3/c1-12-4-3-5-13(10-12)17(21)18-11-16(20)19-14-6-8-15(22-2)9-7-14/h3-10H,11H2,1-2H3,(H,18,21)(H,19,20). The van der Waals surface area contributed by atoms with E-state index in [0.29, 0.717) is 17.0 Å². The van der Waals surface area contributed by atoms with Gasteiger partial charge in [0.2, 0.25) is 5.91 Å². The Bertz CT molecular complexity index is 666. The Labute approximate surface area is 129 Å². The summed E-state index contributed by atoms with van der Waals surface area (Å²) in [7, 11) is 1.58. The lowest BCUT2D eigenvalue weighted by Gasteiger charge is -2.08. The van der Waals surface area contributed by atoms with E-state index >= 15 is 0 Å². The molecule has 0 saturated heterocycles. The molecule has 2 aromatic rings. The largest absolute Gasteiger partial charge is 0.497 e. The summed E-state index contributed by atoms with van der Waals surface area (Å²) in [4.78, 5) is 23.7. The van der Waals surface area contributed by atoms with Gasteiger partial charge < -0.3 is 15.4 Å². The molecule has 0 aliphatic heterocycles. The van der Waals surface area contributed by atoms with E-state index in [1.807, 2.05) is 19.1 Å². The highest BCUT2D eigenvalue weighted by Gasteiger charge is 2.08. The van der Waals surface area contributed by atoms with Gasteiger partial charge in [0.15, 0.2) is 0 Å². The normalized spacial score (nSPS) is 9.91. The topological polar surface area (TPSA) is 67.4 Å². The summed E-state index contributed by atoms with van der Waals surface area (Å²) < 4.78 is 5.04. The third kappa shape index (κ3) is 4.34. The van der Waals surface area contributed by atoms with Gasteiger partial charge in [-0.15, -0.1) is 0 Å². The molecule has 0 heterocycles. The van der Waals surface area contributed by atoms with Crippen LogP contribution in [0, 0.1) is 6.92 Å². The van der Waals surface area contributed by atoms with Crippen LogP contribution in [0.5, 0.6) is 5.75 Å². The number of rotatable bonds is 5. The zero-order valence-electron chi connectivity index (χ0n) is 12.6. The van der Waals surface area contributed by atoms with E-state index in [0.717, 1.165) is 5.56 Å². The summed E-state index contributed by atoms with van der Waals surface area (Å²) in [6.45, 7) is 1.83. The second-order valence-corrected chi connectivity index (χ2v) is 4.83. The van der Waals surface area contributed by atoms with Crippen LogP contribution in [0.2, 0.25) is 0 Å². The fraction of sp³-hybridized carbons (Fsp3) is 0.176. The summed E-state index contributed by atoms with van der Waals surface area (Å²) in [6.07, 6.45) is 0. The average Bonchev–Trinajstić information content (AvgIpc) is 2.53. The third-order valence-electron chi connectivity index (χ3n) is 3.06. The maximum atomic E-state index is 11.9. The Morgan fingerprint density at radius 2 is 1.82 bits per heavy atom. The van der Waals surface area contributed by atoms with Gasteiger partial charge in [0, 0.05) is 11.3 Å². The molecule has 0 unspecified atom stereocenters. The van der Waals surface area contributed by atoms with Crippen LogP contribution in [0.25, 0.3) is 0 Å². The summed E-state index contributed by atoms with van der Waals surface area (Å²) >= 11 is 0. The maximum absolute atomic E-state index is 11.9. The van der Waals surface area contributed by atoms with Crippen molar-refractivity contribution in [1.29, 1.82) is 0 Å². The number of carbonyl (C=O) groups excluding carboxylic acids is 2. The molecule has 5 heteroatoms. The minimum absolute atomic E-state index is 0.0845. The molecule has 2 aromatic carbocycles. The number of benzene rings is 2. The van der Waals surface area contributed by atoms with Gasteiger partial charge in [-0.3, -0.25) is 9.59 Å². The van der Waals surface area contributed by atoms with Crippen LogP contribution in [-0.4, -0.2) is 25.5 Å². The predicted molar refractivity (Wildman–Crippen MR) is 85.1 cm³/mol. The first-order valence-corrected chi connectivity index (χ1v) is 6.87. The van der Waals surface area contributed by atoms with E-state index in [1.54, 1.807) is 43.5 Å². The van der Waals surface area contributed by atoms with Crippen LogP contribution in [0.15, 0.2) is 48.5 Å². The highest BCUT2D eigenvalue weighted by Crippen LogP contribution is 2.14. The first-order valence-electron chi connectivity index (χ1n) is 6.87. The number of carbonyl (C=O) groups is 2. The van der Waals surface area contributed by atoms with Gasteiger partial charge in [-0.2, -0.15) is 0 Å². The van der Waals surface area contributed by atoms with Crippen molar-refractivity contribution in [3.63, 3.8) is 0 Å². The molecule has 0 aromatic heterocycles. The molecule has 0 fully saturated rings. The molecule has 2 rings (SSSR count). The molecule has 22 heavy (non-hydrogen) atoms. The molecule has 0 radical (unpaired) electrons. The summed E-state index contributed by atoms with van der Waals surface area (Å²) in [5.74, 6) is 0.158. The van der Waals surface area contributed by atoms with Crippen LogP contribution >= 0.6 is 0 Å². The van der Waals surface area contributed by atoms with E-state index in [-0.39, 0.29) is 18.4 Å². The van der Waals surface area contributed by atoms with Gasteiger partial charge >= 0.3 is 0 Å². The van der Waals surface area contributed by atoms with Gasteiger partial charge in [-0.05, 0) is 43.3 Å². The fourth-order valence-electron chi connectivity index (χ4n) is 1.93. The maximum Gasteiger partial charge on any atom is 0.251 e. The van der Waals surface area contributed by atoms with Crippen molar-refractivity contribution in [2.24, 2.45) is 0 Å². The quantitative estimate of drug-likeness (QED) is 0.890. The van der Waals surface area contributed by atoms with E-state index in [4.69, 9.17) is 4.74 Å². The zero-order chi connectivity index (χ0) is 15.9. The first-order chi connectivity index (χ1) is 10.6. The molecule has 5 nitrogen and oxygen atoms in total. The van der Waals surface area contributed by atoms with Crippen LogP contribution in [0.4, 0.5) is 5.69 Å². The molecule has 0 atom stereocenters. The fourth-order valence-corrected chi connectivity index (χ4v) is 1.93. The van der Waals surface area contributed by atoms with Crippen molar-refractivity contribution in [2.75, 3.05) is 19.0 Å². The van der Waals surface area contributed by atoms with Gasteiger partial charge in [0.1, 0.15) is 5.75 Å². The Kier molecular flexibility index (Phi) is 5.14. The van der Waals surface area contributed by atoms with Gasteiger partial charge in [-0.25, -0.2) is 0 Å². The Hall–Kier alpha value is -2.82. The number of nitrogens with one attached hydrogen (secondary N) is 2. The molecular weight excluding hydrogens is 280 g/mol. The number of amides is 2. The second-order valence-electron chi connectivity index (χ2n) is 4.83. The molecular formula is C17H18N2O3. The Morgan fingerprint density at radius 1 is 1.09 bits per heavy atom. The zero-order valence-corrected chi connectivity index (χ0v) is 12.6. The minimum Gasteiger partial charge on any atom is -0.497 e. The molecule has 0 bridgehead atoms. The first kappa shape index (κ1) is 15.6. The predicted octanol–water partition coefficient (Wildman–Crippen LogP) is 2.37. The lowest BCUT2D eigenvalue weighted by molar-refractivity contribution is -0.115. The monoisotopic (exact) mass is 298 g/mol. The van der Waals surface area contributed by atoms with Crippen molar-refractivity contribution in [3.05, 3.63) is 59.7 Å². The number of hydrogen-bond donors (Lipinski definition) is 2. The third-order valence-corrected chi connectivity index (χ3v) is 3.06.